The first kappa shape index (κ1) is 21.7. The molecule has 29 heavy (non-hydrogen) atoms. The van der Waals surface area contributed by atoms with Crippen molar-refractivity contribution >= 4 is 33.2 Å². The molecule has 10 heteroatoms. The summed E-state index contributed by atoms with van der Waals surface area (Å²) in [4.78, 5) is 16.1. The van der Waals surface area contributed by atoms with Crippen LogP contribution in [0.15, 0.2) is 28.1 Å². The summed E-state index contributed by atoms with van der Waals surface area (Å²) in [7, 11) is 0. The van der Waals surface area contributed by atoms with E-state index in [1.165, 1.54) is 28.4 Å². The van der Waals surface area contributed by atoms with Gasteiger partial charge in [-0.1, -0.05) is 6.07 Å². The Labute approximate surface area is 177 Å². The summed E-state index contributed by atoms with van der Waals surface area (Å²) < 4.78 is 52.4. The van der Waals surface area contributed by atoms with Crippen molar-refractivity contribution in [1.82, 2.24) is 9.80 Å². The van der Waals surface area contributed by atoms with E-state index in [9.17, 15) is 22.4 Å². The van der Waals surface area contributed by atoms with Crippen molar-refractivity contribution in [2.45, 2.75) is 12.6 Å². The van der Waals surface area contributed by atoms with E-state index in [1.54, 1.807) is 23.1 Å². The minimum Gasteiger partial charge on any atom is -0.337 e. The molecule has 1 aliphatic heterocycles. The van der Waals surface area contributed by atoms with Crippen LogP contribution >= 0.6 is 27.3 Å². The van der Waals surface area contributed by atoms with Gasteiger partial charge in [-0.3, -0.25) is 9.69 Å². The highest BCUT2D eigenvalue weighted by Crippen LogP contribution is 2.37. The van der Waals surface area contributed by atoms with Crippen LogP contribution in [0.5, 0.6) is 0 Å². The van der Waals surface area contributed by atoms with Crippen LogP contribution in [-0.4, -0.2) is 54.6 Å². The van der Waals surface area contributed by atoms with Crippen molar-refractivity contribution in [2.75, 3.05) is 32.7 Å². The van der Waals surface area contributed by atoms with Gasteiger partial charge in [0.25, 0.3) is 5.91 Å². The molecular formula is C19H16BrF4N3OS. The predicted molar refractivity (Wildman–Crippen MR) is 105 cm³/mol. The van der Waals surface area contributed by atoms with Crippen molar-refractivity contribution in [3.8, 4) is 17.2 Å². The number of amides is 1. The predicted octanol–water partition coefficient (Wildman–Crippen LogP) is 4.90. The maximum Gasteiger partial charge on any atom is 0.401 e. The Morgan fingerprint density at radius 2 is 1.97 bits per heavy atom. The number of hydrogen-bond acceptors (Lipinski definition) is 4. The molecule has 0 bridgehead atoms. The molecule has 0 unspecified atom stereocenters. The van der Waals surface area contributed by atoms with Gasteiger partial charge in [0.2, 0.25) is 0 Å². The summed E-state index contributed by atoms with van der Waals surface area (Å²) >= 11 is 4.58. The molecule has 3 rings (SSSR count). The molecule has 1 fully saturated rings. The number of hydrogen-bond donors (Lipinski definition) is 0. The first-order valence-electron chi connectivity index (χ1n) is 8.75. The lowest BCUT2D eigenvalue weighted by molar-refractivity contribution is -0.145. The van der Waals surface area contributed by atoms with Gasteiger partial charge in [-0.2, -0.15) is 18.4 Å². The molecule has 0 radical (unpaired) electrons. The Morgan fingerprint density at radius 1 is 1.21 bits per heavy atom. The monoisotopic (exact) mass is 489 g/mol. The zero-order valence-corrected chi connectivity index (χ0v) is 17.5. The summed E-state index contributed by atoms with van der Waals surface area (Å²) in [5.41, 5.74) is 1.08. The van der Waals surface area contributed by atoms with Crippen molar-refractivity contribution < 1.29 is 22.4 Å². The number of carbonyl (C=O) groups is 1. The summed E-state index contributed by atoms with van der Waals surface area (Å²) in [6.07, 6.45) is -3.80. The van der Waals surface area contributed by atoms with Crippen molar-refractivity contribution in [2.24, 2.45) is 0 Å². The van der Waals surface area contributed by atoms with E-state index < -0.39 is 18.5 Å². The fourth-order valence-corrected chi connectivity index (χ4v) is 4.93. The molecule has 0 spiro atoms. The molecule has 154 valence electrons. The smallest absolute Gasteiger partial charge is 0.337 e. The highest BCUT2D eigenvalue weighted by Gasteiger charge is 2.32. The van der Waals surface area contributed by atoms with Gasteiger partial charge in [0, 0.05) is 31.7 Å². The number of benzene rings is 1. The largest absolute Gasteiger partial charge is 0.401 e. The summed E-state index contributed by atoms with van der Waals surface area (Å²) in [6.45, 7) is 0.0570. The van der Waals surface area contributed by atoms with Crippen LogP contribution in [0.3, 0.4) is 0 Å². The molecule has 2 heterocycles. The molecule has 4 nitrogen and oxygen atoms in total. The minimum absolute atomic E-state index is 0.0654. The number of thiophene rings is 1. The number of carbonyl (C=O) groups excluding carboxylic acids is 1. The third-order valence-corrected chi connectivity index (χ3v) is 6.40. The van der Waals surface area contributed by atoms with Crippen LogP contribution < -0.4 is 0 Å². The third-order valence-electron chi connectivity index (χ3n) is 4.58. The van der Waals surface area contributed by atoms with E-state index in [0.717, 1.165) is 0 Å². The molecule has 0 saturated carbocycles. The average molecular weight is 490 g/mol. The number of alkyl halides is 3. The topological polar surface area (TPSA) is 47.3 Å². The fourth-order valence-electron chi connectivity index (χ4n) is 3.19. The Balaban J connectivity index is 1.75. The first-order chi connectivity index (χ1) is 13.7. The van der Waals surface area contributed by atoms with Crippen molar-refractivity contribution in [3.63, 3.8) is 0 Å². The molecule has 1 aromatic heterocycles. The lowest BCUT2D eigenvalue weighted by atomic mass is 10.1. The first-order valence-corrected chi connectivity index (χ1v) is 10.4. The Kier molecular flexibility index (Phi) is 6.61. The average Bonchev–Trinajstić information content (AvgIpc) is 2.89. The van der Waals surface area contributed by atoms with Gasteiger partial charge in [-0.05, 0) is 46.1 Å². The van der Waals surface area contributed by atoms with Gasteiger partial charge in [-0.15, -0.1) is 11.3 Å². The second kappa shape index (κ2) is 8.81. The van der Waals surface area contributed by atoms with Gasteiger partial charge in [-0.25, -0.2) is 4.39 Å². The van der Waals surface area contributed by atoms with E-state index in [4.69, 9.17) is 5.26 Å². The van der Waals surface area contributed by atoms with Crippen LogP contribution in [0, 0.1) is 17.1 Å². The summed E-state index contributed by atoms with van der Waals surface area (Å²) in [5, 5.41) is 8.85. The number of nitrogens with zero attached hydrogens (tertiary/aromatic N) is 3. The van der Waals surface area contributed by atoms with E-state index in [2.05, 4.69) is 15.9 Å². The fraction of sp³-hybridized carbons (Fsp3) is 0.368. The van der Waals surface area contributed by atoms with Crippen LogP contribution in [0.25, 0.3) is 11.1 Å². The molecule has 1 saturated heterocycles. The van der Waals surface area contributed by atoms with Gasteiger partial charge >= 0.3 is 6.18 Å². The lowest BCUT2D eigenvalue weighted by Gasteiger charge is -2.22. The molecule has 0 aliphatic carbocycles. The second-order valence-corrected chi connectivity index (χ2v) is 9.01. The van der Waals surface area contributed by atoms with Crippen molar-refractivity contribution in [3.05, 3.63) is 44.3 Å². The zero-order valence-electron chi connectivity index (χ0n) is 15.1. The highest BCUT2D eigenvalue weighted by molar-refractivity contribution is 9.11. The number of rotatable bonds is 3. The van der Waals surface area contributed by atoms with Crippen LogP contribution in [-0.2, 0) is 0 Å². The summed E-state index contributed by atoms with van der Waals surface area (Å²) in [5.74, 6) is -0.904. The molecule has 0 atom stereocenters. The molecular weight excluding hydrogens is 474 g/mol. The zero-order chi connectivity index (χ0) is 21.2. The van der Waals surface area contributed by atoms with Crippen LogP contribution in [0.1, 0.15) is 21.7 Å². The van der Waals surface area contributed by atoms with E-state index in [0.29, 0.717) is 32.8 Å². The molecule has 2 aromatic rings. The quantitative estimate of drug-likeness (QED) is 0.576. The highest BCUT2D eigenvalue weighted by atomic mass is 79.9. The molecule has 1 aromatic carbocycles. The SMILES string of the molecule is N#Cc1ccc(-c2cc(C(=O)N3CCCN(CC(F)(F)F)CC3)sc2Br)cc1F. The van der Waals surface area contributed by atoms with Gasteiger partial charge in [0.15, 0.2) is 0 Å². The van der Waals surface area contributed by atoms with Crippen molar-refractivity contribution in [1.29, 1.82) is 5.26 Å². The van der Waals surface area contributed by atoms with E-state index >= 15 is 0 Å². The maximum atomic E-state index is 13.9. The third kappa shape index (κ3) is 5.35. The van der Waals surface area contributed by atoms with Crippen LogP contribution in [0.4, 0.5) is 17.6 Å². The number of halogens is 5. The Bertz CT molecular complexity index is 954. The molecule has 1 amide bonds. The van der Waals surface area contributed by atoms with Gasteiger partial charge in [0.05, 0.1) is 20.8 Å². The Hall–Kier alpha value is -1.96. The van der Waals surface area contributed by atoms with E-state index in [-0.39, 0.29) is 31.1 Å². The molecule has 1 aliphatic rings. The van der Waals surface area contributed by atoms with Gasteiger partial charge < -0.3 is 4.90 Å². The number of nitriles is 1. The van der Waals surface area contributed by atoms with E-state index in [1.807, 2.05) is 0 Å². The lowest BCUT2D eigenvalue weighted by Crippen LogP contribution is -2.38. The maximum absolute atomic E-state index is 13.9. The van der Waals surface area contributed by atoms with Gasteiger partial charge in [0.1, 0.15) is 11.9 Å². The second-order valence-electron chi connectivity index (χ2n) is 6.64. The minimum atomic E-state index is -4.26. The Morgan fingerprint density at radius 3 is 2.62 bits per heavy atom. The standard InChI is InChI=1S/C19H16BrF4N3OS/c20-17-14(12-2-3-13(10-25)15(21)8-12)9-16(29-17)18(28)27-5-1-4-26(6-7-27)11-19(22,23)24/h2-3,8-9H,1,4-7,11H2. The normalized spacial score (nSPS) is 15.8. The summed E-state index contributed by atoms with van der Waals surface area (Å²) in [6, 6.07) is 7.61. The molecule has 0 N–H and O–H groups in total. The van der Waals surface area contributed by atoms with Crippen LogP contribution in [0.2, 0.25) is 0 Å².